The van der Waals surface area contributed by atoms with Crippen LogP contribution in [-0.2, 0) is 0 Å². The summed E-state index contributed by atoms with van der Waals surface area (Å²) in [4.78, 5) is 9.10. The summed E-state index contributed by atoms with van der Waals surface area (Å²) in [5.41, 5.74) is 3.35. The number of aryl methyl sites for hydroxylation is 1. The Morgan fingerprint density at radius 1 is 1.18 bits per heavy atom. The van der Waals surface area contributed by atoms with Crippen LogP contribution in [0.25, 0.3) is 0 Å². The molecule has 3 rings (SSSR count). The zero-order valence-corrected chi connectivity index (χ0v) is 12.8. The number of aliphatic hydroxyl groups excluding tert-OH is 1. The largest absolute Gasteiger partial charge is 0.396 e. The average Bonchev–Trinajstić information content (AvgIpc) is 3.35. The summed E-state index contributed by atoms with van der Waals surface area (Å²) >= 11 is 0. The van der Waals surface area contributed by atoms with E-state index in [1.54, 1.807) is 0 Å². The van der Waals surface area contributed by atoms with E-state index >= 15 is 0 Å². The van der Waals surface area contributed by atoms with Gasteiger partial charge in [0.15, 0.2) is 0 Å². The van der Waals surface area contributed by atoms with Gasteiger partial charge in [-0.2, -0.15) is 4.98 Å². The van der Waals surface area contributed by atoms with Crippen LogP contribution in [-0.4, -0.2) is 28.2 Å². The van der Waals surface area contributed by atoms with E-state index in [-0.39, 0.29) is 6.61 Å². The summed E-state index contributed by atoms with van der Waals surface area (Å²) in [5, 5.41) is 15.4. The van der Waals surface area contributed by atoms with E-state index in [9.17, 15) is 0 Å². The third kappa shape index (κ3) is 3.95. The van der Waals surface area contributed by atoms with E-state index in [0.29, 0.717) is 24.8 Å². The van der Waals surface area contributed by atoms with E-state index in [1.165, 1.54) is 18.4 Å². The van der Waals surface area contributed by atoms with Gasteiger partial charge in [0.1, 0.15) is 5.82 Å². The van der Waals surface area contributed by atoms with Gasteiger partial charge in [-0.25, -0.2) is 4.98 Å². The summed E-state index contributed by atoms with van der Waals surface area (Å²) in [7, 11) is 0. The third-order valence-corrected chi connectivity index (χ3v) is 3.68. The highest BCUT2D eigenvalue weighted by Crippen LogP contribution is 2.40. The fourth-order valence-corrected chi connectivity index (χ4v) is 2.26. The summed E-state index contributed by atoms with van der Waals surface area (Å²) in [6.07, 6.45) is 3.10. The van der Waals surface area contributed by atoms with Crippen molar-refractivity contribution < 1.29 is 5.11 Å². The van der Waals surface area contributed by atoms with Gasteiger partial charge in [0.05, 0.1) is 5.69 Å². The van der Waals surface area contributed by atoms with Crippen LogP contribution < -0.4 is 10.6 Å². The van der Waals surface area contributed by atoms with Crippen molar-refractivity contribution >= 4 is 17.5 Å². The molecule has 0 spiro atoms. The lowest BCUT2D eigenvalue weighted by Gasteiger charge is -2.11. The number of aromatic nitrogens is 2. The molecule has 1 aliphatic carbocycles. The molecule has 1 aromatic heterocycles. The van der Waals surface area contributed by atoms with E-state index in [4.69, 9.17) is 5.11 Å². The first-order chi connectivity index (χ1) is 10.7. The molecule has 1 aliphatic rings. The Labute approximate surface area is 130 Å². The third-order valence-electron chi connectivity index (χ3n) is 3.68. The fourth-order valence-electron chi connectivity index (χ4n) is 2.26. The topological polar surface area (TPSA) is 70.1 Å². The molecule has 0 amide bonds. The van der Waals surface area contributed by atoms with Crippen molar-refractivity contribution in [3.05, 3.63) is 41.6 Å². The van der Waals surface area contributed by atoms with Crippen molar-refractivity contribution in [2.75, 3.05) is 23.8 Å². The number of benzene rings is 1. The lowest BCUT2D eigenvalue weighted by Crippen LogP contribution is -2.09. The molecule has 3 N–H and O–H groups in total. The zero-order chi connectivity index (χ0) is 15.4. The molecule has 1 heterocycles. The summed E-state index contributed by atoms with van der Waals surface area (Å²) in [5.74, 6) is 2.01. The van der Waals surface area contributed by atoms with Crippen LogP contribution in [0.1, 0.15) is 36.4 Å². The number of nitrogens with one attached hydrogen (secondary N) is 2. The number of hydrogen-bond acceptors (Lipinski definition) is 5. The number of anilines is 3. The molecular weight excluding hydrogens is 276 g/mol. The van der Waals surface area contributed by atoms with Gasteiger partial charge in [-0.05, 0) is 38.3 Å². The van der Waals surface area contributed by atoms with Gasteiger partial charge in [-0.3, -0.25) is 0 Å². The van der Waals surface area contributed by atoms with Crippen molar-refractivity contribution in [2.24, 2.45) is 0 Å². The van der Waals surface area contributed by atoms with Crippen molar-refractivity contribution in [1.29, 1.82) is 0 Å². The Bertz CT molecular complexity index is 623. The smallest absolute Gasteiger partial charge is 0.224 e. The lowest BCUT2D eigenvalue weighted by molar-refractivity contribution is 0.292. The highest BCUT2D eigenvalue weighted by molar-refractivity contribution is 5.58. The van der Waals surface area contributed by atoms with E-state index in [0.717, 1.165) is 17.2 Å². The van der Waals surface area contributed by atoms with Gasteiger partial charge < -0.3 is 15.7 Å². The average molecular weight is 298 g/mol. The van der Waals surface area contributed by atoms with Crippen LogP contribution in [0.3, 0.4) is 0 Å². The lowest BCUT2D eigenvalue weighted by atomic mass is 10.2. The molecule has 0 saturated heterocycles. The Kier molecular flexibility index (Phi) is 4.53. The van der Waals surface area contributed by atoms with E-state index < -0.39 is 0 Å². The van der Waals surface area contributed by atoms with Crippen LogP contribution in [0.5, 0.6) is 0 Å². The molecular formula is C17H22N4O. The molecule has 0 aliphatic heterocycles. The van der Waals surface area contributed by atoms with Crippen molar-refractivity contribution in [3.63, 3.8) is 0 Å². The minimum atomic E-state index is 0.170. The zero-order valence-electron chi connectivity index (χ0n) is 12.8. The van der Waals surface area contributed by atoms with Crippen molar-refractivity contribution in [3.8, 4) is 0 Å². The standard InChI is InChI=1S/C17H22N4O/c1-12-3-7-14(8-4-12)19-16-11-15(13-5-6-13)20-17(21-16)18-9-2-10-22/h3-4,7-8,11,13,22H,2,5-6,9-10H2,1H3,(H2,18,19,20,21). The van der Waals surface area contributed by atoms with Crippen LogP contribution in [0.15, 0.2) is 30.3 Å². The molecule has 0 unspecified atom stereocenters. The van der Waals surface area contributed by atoms with Gasteiger partial charge in [-0.15, -0.1) is 0 Å². The Morgan fingerprint density at radius 2 is 1.95 bits per heavy atom. The Balaban J connectivity index is 1.77. The normalized spacial score (nSPS) is 13.9. The van der Waals surface area contributed by atoms with Gasteiger partial charge in [0.2, 0.25) is 5.95 Å². The first-order valence-corrected chi connectivity index (χ1v) is 7.82. The SMILES string of the molecule is Cc1ccc(Nc2cc(C3CC3)nc(NCCCO)n2)cc1. The molecule has 0 atom stereocenters. The monoisotopic (exact) mass is 298 g/mol. The fraction of sp³-hybridized carbons (Fsp3) is 0.412. The molecule has 2 aromatic rings. The molecule has 5 heteroatoms. The van der Waals surface area contributed by atoms with Gasteiger partial charge in [-0.1, -0.05) is 17.7 Å². The summed E-state index contributed by atoms with van der Waals surface area (Å²) in [6, 6.07) is 10.3. The number of hydrogen-bond donors (Lipinski definition) is 3. The second-order valence-corrected chi connectivity index (χ2v) is 5.77. The summed E-state index contributed by atoms with van der Waals surface area (Å²) in [6.45, 7) is 2.92. The predicted octanol–water partition coefficient (Wildman–Crippen LogP) is 3.20. The second-order valence-electron chi connectivity index (χ2n) is 5.77. The van der Waals surface area contributed by atoms with Gasteiger partial charge in [0.25, 0.3) is 0 Å². The molecule has 116 valence electrons. The minimum Gasteiger partial charge on any atom is -0.396 e. The quantitative estimate of drug-likeness (QED) is 0.685. The maximum Gasteiger partial charge on any atom is 0.224 e. The number of aliphatic hydroxyl groups is 1. The molecule has 5 nitrogen and oxygen atoms in total. The summed E-state index contributed by atoms with van der Waals surface area (Å²) < 4.78 is 0. The molecule has 22 heavy (non-hydrogen) atoms. The first-order valence-electron chi connectivity index (χ1n) is 7.82. The first kappa shape index (κ1) is 14.8. The molecule has 0 radical (unpaired) electrons. The Morgan fingerprint density at radius 3 is 2.64 bits per heavy atom. The van der Waals surface area contributed by atoms with Crippen LogP contribution >= 0.6 is 0 Å². The van der Waals surface area contributed by atoms with Gasteiger partial charge in [0, 0.05) is 30.8 Å². The molecule has 1 aromatic carbocycles. The maximum absolute atomic E-state index is 8.88. The number of nitrogens with zero attached hydrogens (tertiary/aromatic N) is 2. The maximum atomic E-state index is 8.88. The van der Waals surface area contributed by atoms with Crippen LogP contribution in [0.2, 0.25) is 0 Å². The van der Waals surface area contributed by atoms with E-state index in [1.807, 2.05) is 18.2 Å². The highest BCUT2D eigenvalue weighted by Gasteiger charge is 2.26. The van der Waals surface area contributed by atoms with Crippen LogP contribution in [0, 0.1) is 6.92 Å². The minimum absolute atomic E-state index is 0.170. The highest BCUT2D eigenvalue weighted by atomic mass is 16.3. The Hall–Kier alpha value is -2.14. The molecule has 1 fully saturated rings. The number of rotatable bonds is 7. The van der Waals surface area contributed by atoms with E-state index in [2.05, 4.69) is 39.7 Å². The molecule has 0 bridgehead atoms. The van der Waals surface area contributed by atoms with Crippen LogP contribution in [0.4, 0.5) is 17.5 Å². The molecule has 1 saturated carbocycles. The van der Waals surface area contributed by atoms with Crippen molar-refractivity contribution in [1.82, 2.24) is 9.97 Å². The van der Waals surface area contributed by atoms with Crippen molar-refractivity contribution in [2.45, 2.75) is 32.1 Å². The van der Waals surface area contributed by atoms with Gasteiger partial charge >= 0.3 is 0 Å². The predicted molar refractivity (Wildman–Crippen MR) is 88.7 cm³/mol. The second kappa shape index (κ2) is 6.75.